The van der Waals surface area contributed by atoms with Crippen molar-refractivity contribution >= 4 is 34.9 Å². The topological polar surface area (TPSA) is 162 Å². The Kier molecular flexibility index (Phi) is 9.65. The van der Waals surface area contributed by atoms with Crippen LogP contribution in [0, 0.1) is 17.2 Å². The minimum Gasteiger partial charge on any atom is -0.494 e. The van der Waals surface area contributed by atoms with E-state index < -0.39 is 23.8 Å². The molecule has 4 aromatic rings. The largest absolute Gasteiger partial charge is 0.494 e. The predicted molar refractivity (Wildman–Crippen MR) is 168 cm³/mol. The summed E-state index contributed by atoms with van der Waals surface area (Å²) in [5, 5.41) is 25.4. The van der Waals surface area contributed by atoms with Crippen LogP contribution in [-0.4, -0.2) is 59.0 Å². The Labute approximate surface area is 268 Å². The summed E-state index contributed by atoms with van der Waals surface area (Å²) in [6.07, 6.45) is 0.0493. The number of carbonyl (C=O) groups excluding carboxylic acids is 3. The molecule has 0 radical (unpaired) electrons. The number of alkyl halides is 2. The van der Waals surface area contributed by atoms with Crippen molar-refractivity contribution in [1.82, 2.24) is 25.4 Å². The van der Waals surface area contributed by atoms with Crippen molar-refractivity contribution < 1.29 is 27.9 Å². The van der Waals surface area contributed by atoms with E-state index in [-0.39, 0.29) is 46.9 Å². The van der Waals surface area contributed by atoms with Gasteiger partial charge in [0.1, 0.15) is 5.75 Å². The second-order valence-corrected chi connectivity index (χ2v) is 10.8. The molecular weight excluding hydrogens is 610 g/mol. The van der Waals surface area contributed by atoms with E-state index in [9.17, 15) is 23.2 Å². The van der Waals surface area contributed by atoms with Crippen LogP contribution in [0.5, 0.6) is 5.75 Å². The van der Waals surface area contributed by atoms with Crippen LogP contribution < -0.4 is 20.7 Å². The molecule has 3 N–H and O–H groups in total. The monoisotopic (exact) mass is 640 g/mol. The number of nitrogens with zero attached hydrogens (tertiary/aromatic N) is 5. The molecule has 2 heterocycles. The van der Waals surface area contributed by atoms with Crippen molar-refractivity contribution in [1.29, 1.82) is 5.26 Å². The number of nitrogens with one attached hydrogen (secondary N) is 3. The van der Waals surface area contributed by atoms with Gasteiger partial charge in [0, 0.05) is 49.0 Å². The molecule has 1 fully saturated rings. The zero-order valence-electron chi connectivity index (χ0n) is 25.7. The summed E-state index contributed by atoms with van der Waals surface area (Å²) in [4.78, 5) is 43.6. The van der Waals surface area contributed by atoms with Gasteiger partial charge in [-0.25, -0.2) is 8.78 Å². The molecule has 0 saturated heterocycles. The molecular formula is C33H30F2N8O4. The van der Waals surface area contributed by atoms with Gasteiger partial charge < -0.3 is 25.6 Å². The first-order valence-electron chi connectivity index (χ1n) is 14.5. The standard InChI is InChI=1S/C33H30F2N8O4/c1-37-32(45)28-26(15-27(41-42-28)40-31(44)19-7-8-19)39-25-6-4-5-22(29(25)47-3)20-9-10-23(24(14-20)30(34)35)33(46)43(2)17-21-13-18(16-36)11-12-38-21/h4-6,9-15,19,30H,7-8,17H2,1-3H3,(H,37,45)(H2,39,40,41,44). The average molecular weight is 641 g/mol. The quantitative estimate of drug-likeness (QED) is 0.203. The fourth-order valence-electron chi connectivity index (χ4n) is 4.90. The summed E-state index contributed by atoms with van der Waals surface area (Å²) in [7, 11) is 4.31. The van der Waals surface area contributed by atoms with Gasteiger partial charge in [0.2, 0.25) is 5.91 Å². The fraction of sp³-hybridized carbons (Fsp3) is 0.242. The van der Waals surface area contributed by atoms with Crippen molar-refractivity contribution in [3.05, 3.63) is 88.9 Å². The third-order valence-corrected chi connectivity index (χ3v) is 7.44. The summed E-state index contributed by atoms with van der Waals surface area (Å²) in [5.74, 6) is -1.04. The lowest BCUT2D eigenvalue weighted by Gasteiger charge is -2.20. The Balaban J connectivity index is 1.46. The predicted octanol–water partition coefficient (Wildman–Crippen LogP) is 5.08. The number of pyridine rings is 1. The van der Waals surface area contributed by atoms with Crippen LogP contribution in [-0.2, 0) is 11.3 Å². The second-order valence-electron chi connectivity index (χ2n) is 10.8. The van der Waals surface area contributed by atoms with Gasteiger partial charge >= 0.3 is 0 Å². The van der Waals surface area contributed by atoms with Crippen LogP contribution in [0.4, 0.5) is 26.0 Å². The van der Waals surface area contributed by atoms with Crippen LogP contribution in [0.3, 0.4) is 0 Å². The maximum Gasteiger partial charge on any atom is 0.273 e. The number of benzene rings is 2. The molecule has 1 aliphatic rings. The molecule has 2 aromatic carbocycles. The third-order valence-electron chi connectivity index (χ3n) is 7.44. The molecule has 47 heavy (non-hydrogen) atoms. The van der Waals surface area contributed by atoms with Crippen molar-refractivity contribution in [3.63, 3.8) is 0 Å². The van der Waals surface area contributed by atoms with Gasteiger partial charge in [-0.2, -0.15) is 5.26 Å². The number of anilines is 3. The van der Waals surface area contributed by atoms with Crippen molar-refractivity contribution in [3.8, 4) is 22.9 Å². The molecule has 0 spiro atoms. The molecule has 5 rings (SSSR count). The number of nitriles is 1. The third kappa shape index (κ3) is 7.30. The molecule has 12 nitrogen and oxygen atoms in total. The molecule has 1 saturated carbocycles. The van der Waals surface area contributed by atoms with E-state index >= 15 is 0 Å². The molecule has 0 atom stereocenters. The highest BCUT2D eigenvalue weighted by Crippen LogP contribution is 2.40. The lowest BCUT2D eigenvalue weighted by atomic mass is 9.97. The van der Waals surface area contributed by atoms with Crippen molar-refractivity contribution in [2.24, 2.45) is 5.92 Å². The Morgan fingerprint density at radius 2 is 1.87 bits per heavy atom. The first-order chi connectivity index (χ1) is 22.6. The number of para-hydroxylation sites is 1. The van der Waals surface area contributed by atoms with Crippen LogP contribution in [0.15, 0.2) is 60.8 Å². The van der Waals surface area contributed by atoms with Crippen LogP contribution in [0.25, 0.3) is 11.1 Å². The first-order valence-corrected chi connectivity index (χ1v) is 14.5. The molecule has 0 aliphatic heterocycles. The number of hydrogen-bond donors (Lipinski definition) is 3. The Bertz CT molecular complexity index is 1890. The summed E-state index contributed by atoms with van der Waals surface area (Å²) in [5.41, 5.74) is 1.45. The Morgan fingerprint density at radius 3 is 2.55 bits per heavy atom. The van der Waals surface area contributed by atoms with E-state index in [4.69, 9.17) is 10.00 Å². The first kappa shape index (κ1) is 32.4. The number of methoxy groups -OCH3 is 1. The summed E-state index contributed by atoms with van der Waals surface area (Å²) < 4.78 is 34.5. The number of rotatable bonds is 11. The summed E-state index contributed by atoms with van der Waals surface area (Å²) >= 11 is 0. The highest BCUT2D eigenvalue weighted by Gasteiger charge is 2.30. The SMILES string of the molecule is CNC(=O)c1nnc(NC(=O)C2CC2)cc1Nc1cccc(-c2ccc(C(=O)N(C)Cc3cc(C#N)ccn3)c(C(F)F)c2)c1OC. The van der Waals surface area contributed by atoms with E-state index in [2.05, 4.69) is 31.1 Å². The normalized spacial score (nSPS) is 12.2. The highest BCUT2D eigenvalue weighted by atomic mass is 19.3. The zero-order chi connectivity index (χ0) is 33.7. The van der Waals surface area contributed by atoms with E-state index in [1.165, 1.54) is 62.6 Å². The maximum atomic E-state index is 14.4. The summed E-state index contributed by atoms with van der Waals surface area (Å²) in [6.45, 7) is 0.00814. The van der Waals surface area contributed by atoms with Crippen molar-refractivity contribution in [2.75, 3.05) is 31.8 Å². The fourth-order valence-corrected chi connectivity index (χ4v) is 4.90. The van der Waals surface area contributed by atoms with Gasteiger partial charge in [0.25, 0.3) is 18.2 Å². The number of halogens is 2. The van der Waals surface area contributed by atoms with Gasteiger partial charge in [0.05, 0.1) is 42.4 Å². The van der Waals surface area contributed by atoms with Gasteiger partial charge in [-0.15, -0.1) is 10.2 Å². The van der Waals surface area contributed by atoms with Crippen LogP contribution >= 0.6 is 0 Å². The average Bonchev–Trinajstić information content (AvgIpc) is 3.93. The van der Waals surface area contributed by atoms with Gasteiger partial charge in [-0.1, -0.05) is 18.2 Å². The Hall–Kier alpha value is -5.97. The number of aromatic nitrogens is 3. The number of hydrogen-bond acceptors (Lipinski definition) is 9. The van der Waals surface area contributed by atoms with E-state index in [1.807, 2.05) is 6.07 Å². The van der Waals surface area contributed by atoms with Gasteiger partial charge in [0.15, 0.2) is 11.5 Å². The lowest BCUT2D eigenvalue weighted by Crippen LogP contribution is -2.27. The molecule has 0 unspecified atom stereocenters. The number of amides is 3. The van der Waals surface area contributed by atoms with Crippen LogP contribution in [0.1, 0.15) is 56.9 Å². The molecule has 3 amide bonds. The Morgan fingerprint density at radius 1 is 1.09 bits per heavy atom. The van der Waals surface area contributed by atoms with Crippen LogP contribution in [0.2, 0.25) is 0 Å². The molecule has 14 heteroatoms. The summed E-state index contributed by atoms with van der Waals surface area (Å²) in [6, 6.07) is 15.6. The van der Waals surface area contributed by atoms with E-state index in [0.29, 0.717) is 28.1 Å². The molecule has 0 bridgehead atoms. The minimum atomic E-state index is -2.98. The van der Waals surface area contributed by atoms with Gasteiger partial charge in [-0.05, 0) is 48.7 Å². The maximum absolute atomic E-state index is 14.4. The molecule has 240 valence electrons. The number of carbonyl (C=O) groups is 3. The molecule has 2 aromatic heterocycles. The lowest BCUT2D eigenvalue weighted by molar-refractivity contribution is -0.117. The smallest absolute Gasteiger partial charge is 0.273 e. The highest BCUT2D eigenvalue weighted by molar-refractivity contribution is 6.00. The molecule has 1 aliphatic carbocycles. The number of ether oxygens (including phenoxy) is 1. The van der Waals surface area contributed by atoms with Crippen molar-refractivity contribution in [2.45, 2.75) is 25.8 Å². The van der Waals surface area contributed by atoms with E-state index in [0.717, 1.165) is 12.8 Å². The van der Waals surface area contributed by atoms with Gasteiger partial charge in [-0.3, -0.25) is 19.4 Å². The minimum absolute atomic E-state index is 0.00814. The zero-order valence-corrected chi connectivity index (χ0v) is 25.7. The van der Waals surface area contributed by atoms with E-state index in [1.54, 1.807) is 24.3 Å². The second kappa shape index (κ2) is 14.0.